The number of amides is 2. The van der Waals surface area contributed by atoms with Gasteiger partial charge in [-0.05, 0) is 57.2 Å². The van der Waals surface area contributed by atoms with Gasteiger partial charge in [-0.2, -0.15) is 4.39 Å². The van der Waals surface area contributed by atoms with E-state index in [-0.39, 0.29) is 35.1 Å². The molecule has 3 aromatic rings. The number of benzene rings is 1. The van der Waals surface area contributed by atoms with E-state index in [0.717, 1.165) is 5.56 Å². The van der Waals surface area contributed by atoms with E-state index in [1.807, 2.05) is 26.8 Å². The molecule has 2 amide bonds. The fourth-order valence-electron chi connectivity index (χ4n) is 3.34. The predicted molar refractivity (Wildman–Crippen MR) is 131 cm³/mol. The van der Waals surface area contributed by atoms with Crippen LogP contribution < -0.4 is 19.7 Å². The van der Waals surface area contributed by atoms with Crippen LogP contribution in [0.25, 0.3) is 0 Å². The van der Waals surface area contributed by atoms with Crippen LogP contribution in [0.3, 0.4) is 0 Å². The number of nitrogens with one attached hydrogen (secondary N) is 1. The molecule has 1 N–H and O–H groups in total. The van der Waals surface area contributed by atoms with Crippen LogP contribution in [0, 0.1) is 23.2 Å². The van der Waals surface area contributed by atoms with Gasteiger partial charge in [0.1, 0.15) is 29.8 Å². The Kier molecular flexibility index (Phi) is 6.88. The van der Waals surface area contributed by atoms with E-state index in [9.17, 15) is 14.0 Å². The van der Waals surface area contributed by atoms with Crippen molar-refractivity contribution in [3.8, 4) is 29.1 Å². The number of anilines is 1. The molecule has 0 aliphatic carbocycles. The minimum atomic E-state index is -0.957. The third-order valence-corrected chi connectivity index (χ3v) is 5.16. The lowest BCUT2D eigenvalue weighted by molar-refractivity contribution is -0.120. The van der Waals surface area contributed by atoms with Crippen molar-refractivity contribution >= 4 is 17.5 Å². The average molecular weight is 489 g/mol. The first-order chi connectivity index (χ1) is 17.1. The summed E-state index contributed by atoms with van der Waals surface area (Å²) in [7, 11) is 1.62. The molecule has 0 saturated carbocycles. The molecular weight excluding hydrogens is 463 g/mol. The Balaban J connectivity index is 1.49. The SMILES string of the molecule is CN1C(=O)[C@@H](NC(=O)c2cc(Oc3cccnc3F)ccn2)COc2ccc(C#CC(C)(C)C)cc21. The largest absolute Gasteiger partial charge is 0.489 e. The van der Waals surface area contributed by atoms with Crippen molar-refractivity contribution < 1.29 is 23.5 Å². The van der Waals surface area contributed by atoms with Gasteiger partial charge in [-0.3, -0.25) is 14.6 Å². The van der Waals surface area contributed by atoms with Crippen LogP contribution in [0.15, 0.2) is 54.9 Å². The maximum absolute atomic E-state index is 13.8. The van der Waals surface area contributed by atoms with Gasteiger partial charge < -0.3 is 19.7 Å². The molecule has 3 heterocycles. The van der Waals surface area contributed by atoms with Crippen molar-refractivity contribution in [3.63, 3.8) is 0 Å². The number of pyridine rings is 2. The van der Waals surface area contributed by atoms with Gasteiger partial charge in [0, 0.05) is 36.5 Å². The lowest BCUT2D eigenvalue weighted by Crippen LogP contribution is -2.49. The molecule has 1 atom stereocenters. The molecule has 184 valence electrons. The Morgan fingerprint density at radius 1 is 1.19 bits per heavy atom. The first-order valence-electron chi connectivity index (χ1n) is 11.2. The highest BCUT2D eigenvalue weighted by Gasteiger charge is 2.31. The Bertz CT molecular complexity index is 1370. The minimum Gasteiger partial charge on any atom is -0.489 e. The summed E-state index contributed by atoms with van der Waals surface area (Å²) in [5.74, 6) is 5.16. The second-order valence-electron chi connectivity index (χ2n) is 9.19. The summed E-state index contributed by atoms with van der Waals surface area (Å²) in [6.45, 7) is 5.99. The van der Waals surface area contributed by atoms with E-state index in [0.29, 0.717) is 11.4 Å². The number of carbonyl (C=O) groups is 2. The van der Waals surface area contributed by atoms with E-state index in [2.05, 4.69) is 27.1 Å². The minimum absolute atomic E-state index is 0.00578. The number of fused-ring (bicyclic) bond motifs is 1. The number of ether oxygens (including phenoxy) is 2. The van der Waals surface area contributed by atoms with Crippen LogP contribution in [-0.4, -0.2) is 41.5 Å². The van der Waals surface area contributed by atoms with Gasteiger partial charge in [0.05, 0.1) is 5.69 Å². The number of nitrogens with zero attached hydrogens (tertiary/aromatic N) is 3. The molecule has 0 unspecified atom stereocenters. The molecule has 4 rings (SSSR count). The van der Waals surface area contributed by atoms with Crippen molar-refractivity contribution in [2.75, 3.05) is 18.6 Å². The third-order valence-electron chi connectivity index (χ3n) is 5.16. The Labute approximate surface area is 208 Å². The average Bonchev–Trinajstić information content (AvgIpc) is 2.96. The highest BCUT2D eigenvalue weighted by Crippen LogP contribution is 2.32. The van der Waals surface area contributed by atoms with Gasteiger partial charge in [0.15, 0.2) is 5.75 Å². The van der Waals surface area contributed by atoms with E-state index in [1.165, 1.54) is 41.6 Å². The summed E-state index contributed by atoms with van der Waals surface area (Å²) in [5, 5.41) is 2.66. The Hall–Kier alpha value is -4.45. The highest BCUT2D eigenvalue weighted by atomic mass is 19.1. The monoisotopic (exact) mass is 488 g/mol. The topological polar surface area (TPSA) is 93.7 Å². The summed E-state index contributed by atoms with van der Waals surface area (Å²) in [5.41, 5.74) is 1.14. The normalized spacial score (nSPS) is 15.1. The summed E-state index contributed by atoms with van der Waals surface area (Å²) in [6.07, 6.45) is 2.65. The lowest BCUT2D eigenvalue weighted by Gasteiger charge is -2.20. The molecule has 0 fully saturated rings. The van der Waals surface area contributed by atoms with Crippen LogP contribution in [0.1, 0.15) is 36.8 Å². The van der Waals surface area contributed by atoms with Crippen molar-refractivity contribution in [1.29, 1.82) is 0 Å². The van der Waals surface area contributed by atoms with Crippen LogP contribution in [0.5, 0.6) is 17.2 Å². The molecule has 36 heavy (non-hydrogen) atoms. The van der Waals surface area contributed by atoms with Gasteiger partial charge in [0.2, 0.25) is 0 Å². The second kappa shape index (κ2) is 10.0. The quantitative estimate of drug-likeness (QED) is 0.441. The van der Waals surface area contributed by atoms with E-state index < -0.39 is 17.9 Å². The maximum atomic E-state index is 13.8. The zero-order chi connectivity index (χ0) is 25.9. The summed E-state index contributed by atoms with van der Waals surface area (Å²) in [6, 6.07) is 10.2. The second-order valence-corrected chi connectivity index (χ2v) is 9.19. The summed E-state index contributed by atoms with van der Waals surface area (Å²) in [4.78, 5) is 35.1. The number of carbonyl (C=O) groups excluding carboxylic acids is 2. The van der Waals surface area contributed by atoms with Crippen molar-refractivity contribution in [3.05, 3.63) is 72.1 Å². The molecule has 9 heteroatoms. The van der Waals surface area contributed by atoms with Gasteiger partial charge >= 0.3 is 0 Å². The van der Waals surface area contributed by atoms with Gasteiger partial charge in [-0.1, -0.05) is 11.8 Å². The smallest absolute Gasteiger partial charge is 0.270 e. The third kappa shape index (κ3) is 5.78. The number of halogens is 1. The van der Waals surface area contributed by atoms with E-state index in [1.54, 1.807) is 19.2 Å². The van der Waals surface area contributed by atoms with Crippen LogP contribution >= 0.6 is 0 Å². The number of hydrogen-bond acceptors (Lipinski definition) is 6. The molecular formula is C27H25FN4O4. The molecule has 2 aromatic heterocycles. The molecule has 1 aromatic carbocycles. The Morgan fingerprint density at radius 3 is 2.75 bits per heavy atom. The molecule has 8 nitrogen and oxygen atoms in total. The predicted octanol–water partition coefficient (Wildman–Crippen LogP) is 3.96. The maximum Gasteiger partial charge on any atom is 0.270 e. The number of rotatable bonds is 4. The first kappa shape index (κ1) is 24.7. The first-order valence-corrected chi connectivity index (χ1v) is 11.2. The molecule has 1 aliphatic heterocycles. The van der Waals surface area contributed by atoms with Crippen LogP contribution in [0.4, 0.5) is 10.1 Å². The number of aromatic nitrogens is 2. The van der Waals surface area contributed by atoms with Gasteiger partial charge in [-0.25, -0.2) is 4.98 Å². The number of likely N-dealkylation sites (N-methyl/N-ethyl adjacent to an activating group) is 1. The zero-order valence-corrected chi connectivity index (χ0v) is 20.3. The molecule has 1 aliphatic rings. The van der Waals surface area contributed by atoms with Crippen LogP contribution in [0.2, 0.25) is 0 Å². The van der Waals surface area contributed by atoms with Crippen molar-refractivity contribution in [1.82, 2.24) is 15.3 Å². The molecule has 0 bridgehead atoms. The number of hydrogen-bond donors (Lipinski definition) is 1. The fourth-order valence-corrected chi connectivity index (χ4v) is 3.34. The van der Waals surface area contributed by atoms with Gasteiger partial charge in [0.25, 0.3) is 17.8 Å². The van der Waals surface area contributed by atoms with Gasteiger partial charge in [-0.15, -0.1) is 0 Å². The highest BCUT2D eigenvalue weighted by molar-refractivity contribution is 6.03. The molecule has 0 saturated heterocycles. The van der Waals surface area contributed by atoms with E-state index in [4.69, 9.17) is 9.47 Å². The molecule has 0 radical (unpaired) electrons. The lowest BCUT2D eigenvalue weighted by atomic mass is 9.97. The van der Waals surface area contributed by atoms with E-state index >= 15 is 0 Å². The molecule has 0 spiro atoms. The fraction of sp³-hybridized carbons (Fsp3) is 0.259. The summed E-state index contributed by atoms with van der Waals surface area (Å²) >= 11 is 0. The van der Waals surface area contributed by atoms with Crippen molar-refractivity contribution in [2.45, 2.75) is 26.8 Å². The van der Waals surface area contributed by atoms with Crippen molar-refractivity contribution in [2.24, 2.45) is 5.41 Å². The summed E-state index contributed by atoms with van der Waals surface area (Å²) < 4.78 is 25.1. The standard InChI is InChI=1S/C27H25FN4O4/c1-27(2,3)11-9-17-7-8-22-21(14-17)32(4)26(34)20(16-35-22)31-25(33)19-15-18(10-13-29-19)36-23-6-5-12-30-24(23)28/h5-8,10,12-15,20H,16H2,1-4H3,(H,31,33)/t20-/m0/s1. The zero-order valence-electron chi connectivity index (χ0n) is 20.3. The Morgan fingerprint density at radius 2 is 2.00 bits per heavy atom. The van der Waals surface area contributed by atoms with Crippen LogP contribution in [-0.2, 0) is 4.79 Å².